The molecule has 3 heterocycles. The molecule has 1 saturated heterocycles. The Balaban J connectivity index is 1.32. The maximum absolute atomic E-state index is 13.0. The largest absolute Gasteiger partial charge is 0.454 e. The number of aromatic nitrogens is 1. The molecule has 3 atom stereocenters. The Morgan fingerprint density at radius 2 is 2.00 bits per heavy atom. The second-order valence-electron chi connectivity index (χ2n) is 7.25. The fourth-order valence-corrected chi connectivity index (χ4v) is 4.36. The zero-order chi connectivity index (χ0) is 18.4. The summed E-state index contributed by atoms with van der Waals surface area (Å²) in [6, 6.07) is 8.75. The molecule has 2 aromatic rings. The highest BCUT2D eigenvalue weighted by molar-refractivity contribution is 5.96. The van der Waals surface area contributed by atoms with Crippen molar-refractivity contribution in [3.8, 4) is 11.5 Å². The number of likely N-dealkylation sites (tertiary alicyclic amines) is 1. The Morgan fingerprint density at radius 3 is 2.81 bits per heavy atom. The molecule has 1 saturated carbocycles. The molecule has 7 nitrogen and oxygen atoms in total. The predicted molar refractivity (Wildman–Crippen MR) is 95.6 cm³/mol. The van der Waals surface area contributed by atoms with Gasteiger partial charge < -0.3 is 19.7 Å². The van der Waals surface area contributed by atoms with Crippen molar-refractivity contribution in [2.24, 2.45) is 5.92 Å². The first-order valence-electron chi connectivity index (χ1n) is 9.10. The SMILES string of the molecule is O=C(NC1CC2CC1N(C(=O)c1ccc3c(c1)OCO3)C2)c1cccnc1. The van der Waals surface area contributed by atoms with Crippen LogP contribution < -0.4 is 14.8 Å². The van der Waals surface area contributed by atoms with Crippen molar-refractivity contribution >= 4 is 11.8 Å². The van der Waals surface area contributed by atoms with Crippen LogP contribution in [0.3, 0.4) is 0 Å². The lowest BCUT2D eigenvalue weighted by Crippen LogP contribution is -2.51. The van der Waals surface area contributed by atoms with E-state index in [4.69, 9.17) is 9.47 Å². The van der Waals surface area contributed by atoms with Crippen LogP contribution in [0.4, 0.5) is 0 Å². The maximum atomic E-state index is 13.0. The molecule has 2 bridgehead atoms. The number of fused-ring (bicyclic) bond motifs is 3. The highest BCUT2D eigenvalue weighted by Gasteiger charge is 2.47. The first-order chi connectivity index (χ1) is 13.2. The van der Waals surface area contributed by atoms with Gasteiger partial charge >= 0.3 is 0 Å². The molecule has 7 heteroatoms. The molecule has 1 aliphatic carbocycles. The van der Waals surface area contributed by atoms with Gasteiger partial charge in [0.2, 0.25) is 6.79 Å². The average Bonchev–Trinajstić information content (AvgIpc) is 3.42. The molecule has 1 aromatic heterocycles. The van der Waals surface area contributed by atoms with Crippen LogP contribution in [0.25, 0.3) is 0 Å². The van der Waals surface area contributed by atoms with Gasteiger partial charge in [-0.2, -0.15) is 0 Å². The Bertz CT molecular complexity index is 901. The molecular formula is C20H19N3O4. The van der Waals surface area contributed by atoms with Gasteiger partial charge in [0, 0.05) is 30.5 Å². The zero-order valence-electron chi connectivity index (χ0n) is 14.6. The number of carbonyl (C=O) groups excluding carboxylic acids is 2. The summed E-state index contributed by atoms with van der Waals surface area (Å²) in [6.07, 6.45) is 5.02. The number of piperidine rings is 1. The summed E-state index contributed by atoms with van der Waals surface area (Å²) in [5.41, 5.74) is 1.12. The highest BCUT2D eigenvalue weighted by Crippen LogP contribution is 2.40. The van der Waals surface area contributed by atoms with Crippen LogP contribution in [-0.2, 0) is 0 Å². The van der Waals surface area contributed by atoms with Gasteiger partial charge in [0.1, 0.15) is 0 Å². The molecule has 2 amide bonds. The van der Waals surface area contributed by atoms with Crippen molar-refractivity contribution in [3.63, 3.8) is 0 Å². The summed E-state index contributed by atoms with van der Waals surface area (Å²) in [5.74, 6) is 1.52. The molecule has 0 spiro atoms. The van der Waals surface area contributed by atoms with E-state index in [1.165, 1.54) is 0 Å². The van der Waals surface area contributed by atoms with Crippen molar-refractivity contribution in [3.05, 3.63) is 53.9 Å². The summed E-state index contributed by atoms with van der Waals surface area (Å²) in [4.78, 5) is 31.4. The van der Waals surface area contributed by atoms with Gasteiger partial charge in [-0.3, -0.25) is 14.6 Å². The summed E-state index contributed by atoms with van der Waals surface area (Å²) in [7, 11) is 0. The van der Waals surface area contributed by atoms with Crippen molar-refractivity contribution in [2.45, 2.75) is 24.9 Å². The Morgan fingerprint density at radius 1 is 1.11 bits per heavy atom. The lowest BCUT2D eigenvalue weighted by Gasteiger charge is -2.33. The van der Waals surface area contributed by atoms with Crippen molar-refractivity contribution in [1.29, 1.82) is 0 Å². The Kier molecular flexibility index (Phi) is 3.74. The molecule has 138 valence electrons. The Labute approximate surface area is 156 Å². The number of nitrogens with zero attached hydrogens (tertiary/aromatic N) is 2. The van der Waals surface area contributed by atoms with E-state index in [0.29, 0.717) is 28.5 Å². The standard InChI is InChI=1S/C20H19N3O4/c24-19(14-2-1-5-21-9-14)22-15-6-12-7-16(15)23(10-12)20(25)13-3-4-17-18(8-13)27-11-26-17/h1-5,8-9,12,15-16H,6-7,10-11H2,(H,22,24). The average molecular weight is 365 g/mol. The Hall–Kier alpha value is -3.09. The summed E-state index contributed by atoms with van der Waals surface area (Å²) in [5, 5.41) is 3.09. The minimum atomic E-state index is -0.142. The number of rotatable bonds is 3. The predicted octanol–water partition coefficient (Wildman–Crippen LogP) is 1.84. The van der Waals surface area contributed by atoms with E-state index in [1.54, 1.807) is 42.7 Å². The van der Waals surface area contributed by atoms with Gasteiger partial charge in [-0.25, -0.2) is 0 Å². The lowest BCUT2D eigenvalue weighted by atomic mass is 10.0. The van der Waals surface area contributed by atoms with Crippen molar-refractivity contribution < 1.29 is 19.1 Å². The van der Waals surface area contributed by atoms with E-state index in [2.05, 4.69) is 10.3 Å². The first kappa shape index (κ1) is 16.1. The highest BCUT2D eigenvalue weighted by atomic mass is 16.7. The van der Waals surface area contributed by atoms with Crippen LogP contribution in [0, 0.1) is 5.92 Å². The van der Waals surface area contributed by atoms with Gasteiger partial charge in [-0.05, 0) is 49.1 Å². The second-order valence-corrected chi connectivity index (χ2v) is 7.25. The van der Waals surface area contributed by atoms with Gasteiger partial charge in [-0.1, -0.05) is 0 Å². The smallest absolute Gasteiger partial charge is 0.254 e. The van der Waals surface area contributed by atoms with Crippen molar-refractivity contribution in [1.82, 2.24) is 15.2 Å². The topological polar surface area (TPSA) is 80.8 Å². The van der Waals surface area contributed by atoms with Gasteiger partial charge in [0.15, 0.2) is 11.5 Å². The number of amides is 2. The van der Waals surface area contributed by atoms with Crippen LogP contribution in [0.15, 0.2) is 42.7 Å². The number of nitrogens with one attached hydrogen (secondary N) is 1. The fourth-order valence-electron chi connectivity index (χ4n) is 4.36. The summed E-state index contributed by atoms with van der Waals surface area (Å²) >= 11 is 0. The number of ether oxygens (including phenoxy) is 2. The molecule has 2 aliphatic heterocycles. The van der Waals surface area contributed by atoms with Gasteiger partial charge in [0.25, 0.3) is 11.8 Å². The third-order valence-electron chi connectivity index (χ3n) is 5.60. The third-order valence-corrected chi connectivity index (χ3v) is 5.60. The molecule has 3 unspecified atom stereocenters. The molecule has 0 radical (unpaired) electrons. The molecule has 2 fully saturated rings. The number of hydrogen-bond donors (Lipinski definition) is 1. The van der Waals surface area contributed by atoms with Crippen LogP contribution in [-0.4, -0.2) is 47.1 Å². The zero-order valence-corrected chi connectivity index (χ0v) is 14.6. The molecule has 1 N–H and O–H groups in total. The van der Waals surface area contributed by atoms with Gasteiger partial charge in [-0.15, -0.1) is 0 Å². The fraction of sp³-hybridized carbons (Fsp3) is 0.350. The molecule has 3 aliphatic rings. The van der Waals surface area contributed by atoms with Crippen LogP contribution in [0.2, 0.25) is 0 Å². The second kappa shape index (κ2) is 6.26. The van der Waals surface area contributed by atoms with Crippen LogP contribution in [0.1, 0.15) is 33.6 Å². The first-order valence-corrected chi connectivity index (χ1v) is 9.10. The maximum Gasteiger partial charge on any atom is 0.254 e. The van der Waals surface area contributed by atoms with E-state index >= 15 is 0 Å². The van der Waals surface area contributed by atoms with E-state index in [1.807, 2.05) is 4.90 Å². The normalized spacial score (nSPS) is 24.9. The quantitative estimate of drug-likeness (QED) is 0.898. The number of benzene rings is 1. The molecule has 5 rings (SSSR count). The van der Waals surface area contributed by atoms with Gasteiger partial charge in [0.05, 0.1) is 11.6 Å². The minimum absolute atomic E-state index is 0.0218. The monoisotopic (exact) mass is 365 g/mol. The molecule has 1 aromatic carbocycles. The van der Waals surface area contributed by atoms with E-state index in [0.717, 1.165) is 19.4 Å². The van der Waals surface area contributed by atoms with Crippen LogP contribution in [0.5, 0.6) is 11.5 Å². The summed E-state index contributed by atoms with van der Waals surface area (Å²) in [6.45, 7) is 0.918. The summed E-state index contributed by atoms with van der Waals surface area (Å²) < 4.78 is 10.7. The number of pyridine rings is 1. The number of hydrogen-bond acceptors (Lipinski definition) is 5. The minimum Gasteiger partial charge on any atom is -0.454 e. The van der Waals surface area contributed by atoms with E-state index < -0.39 is 0 Å². The van der Waals surface area contributed by atoms with E-state index in [9.17, 15) is 9.59 Å². The number of carbonyl (C=O) groups is 2. The molecular weight excluding hydrogens is 346 g/mol. The van der Waals surface area contributed by atoms with Crippen molar-refractivity contribution in [2.75, 3.05) is 13.3 Å². The molecule has 27 heavy (non-hydrogen) atoms. The van der Waals surface area contributed by atoms with Crippen LogP contribution >= 0.6 is 0 Å². The van der Waals surface area contributed by atoms with E-state index in [-0.39, 0.29) is 30.7 Å². The third kappa shape index (κ3) is 2.79. The lowest BCUT2D eigenvalue weighted by molar-refractivity contribution is 0.0648.